The summed E-state index contributed by atoms with van der Waals surface area (Å²) < 4.78 is 11.0. The largest absolute Gasteiger partial charge is 0.479 e. The number of carboxylic acids is 1. The van der Waals surface area contributed by atoms with E-state index in [2.05, 4.69) is 17.6 Å². The molecule has 0 spiro atoms. The molecule has 3 aliphatic heterocycles. The van der Waals surface area contributed by atoms with Gasteiger partial charge < -0.3 is 45.4 Å². The Hall–Kier alpha value is -3.89. The van der Waals surface area contributed by atoms with Crippen LogP contribution in [0.15, 0.2) is 30.4 Å². The molecule has 3 aliphatic rings. The van der Waals surface area contributed by atoms with Gasteiger partial charge in [0.15, 0.2) is 6.10 Å². The second kappa shape index (κ2) is 16.8. The topological polar surface area (TPSA) is 216 Å². The van der Waals surface area contributed by atoms with Crippen LogP contribution in [0.4, 0.5) is 0 Å². The Balaban J connectivity index is 1.31. The summed E-state index contributed by atoms with van der Waals surface area (Å²) >= 11 is 0. The van der Waals surface area contributed by atoms with E-state index in [-0.39, 0.29) is 48.5 Å². The maximum absolute atomic E-state index is 13.4. The number of carboxylic acid groups (broad SMARTS) is 1. The standard InChI is InChI=1S/C32H44N4O11/c1-19-6-5-14-35(17-19)18-20-8-9-22(46-32-28(42)26(40)27(41)29(47-32)31(44)45)21(16-20)30(43)34-13-12-33-23(37)7-3-2-4-15-36-24(38)10-11-25(36)39/h8-11,16,19,26-29,32,40-42H,2-7,12-15,17-18H2,1H3,(H,33,37)(H,34,43)(H,44,45)/p+1/t19-,26-,27-,28+,29-,32+/m0/s1. The summed E-state index contributed by atoms with van der Waals surface area (Å²) in [6.07, 6.45) is -2.31. The number of hydrogen-bond acceptors (Lipinski definition) is 10. The van der Waals surface area contributed by atoms with Gasteiger partial charge in [0, 0.05) is 49.7 Å². The number of quaternary nitrogens is 1. The zero-order valence-corrected chi connectivity index (χ0v) is 26.4. The number of carbonyl (C=O) groups excluding carboxylic acids is 4. The lowest BCUT2D eigenvalue weighted by molar-refractivity contribution is -0.922. The highest BCUT2D eigenvalue weighted by atomic mass is 16.7. The molecule has 2 saturated heterocycles. The number of amides is 4. The molecule has 0 aliphatic carbocycles. The van der Waals surface area contributed by atoms with Crippen LogP contribution in [0.5, 0.6) is 5.75 Å². The number of piperidine rings is 1. The van der Waals surface area contributed by atoms with Crippen LogP contribution in [0.2, 0.25) is 0 Å². The average Bonchev–Trinajstić information content (AvgIpc) is 3.35. The van der Waals surface area contributed by atoms with E-state index >= 15 is 0 Å². The number of nitrogens with zero attached hydrogens (tertiary/aromatic N) is 1. The van der Waals surface area contributed by atoms with Gasteiger partial charge in [-0.25, -0.2) is 4.79 Å². The first kappa shape index (κ1) is 36.0. The van der Waals surface area contributed by atoms with E-state index < -0.39 is 42.6 Å². The van der Waals surface area contributed by atoms with Crippen molar-refractivity contribution in [3.05, 3.63) is 41.5 Å². The lowest BCUT2D eigenvalue weighted by atomic mass is 9.98. The summed E-state index contributed by atoms with van der Waals surface area (Å²) in [5.74, 6) is -2.42. The number of imide groups is 1. The van der Waals surface area contributed by atoms with Crippen LogP contribution < -0.4 is 20.3 Å². The number of aliphatic hydroxyl groups is 3. The molecular weight excluding hydrogens is 616 g/mol. The molecule has 4 amide bonds. The Morgan fingerprint density at radius 3 is 2.43 bits per heavy atom. The minimum absolute atomic E-state index is 0.0258. The minimum atomic E-state index is -1.89. The fourth-order valence-corrected chi connectivity index (χ4v) is 6.03. The fourth-order valence-electron chi connectivity index (χ4n) is 6.03. The minimum Gasteiger partial charge on any atom is -0.479 e. The Bertz CT molecular complexity index is 1320. The van der Waals surface area contributed by atoms with Crippen molar-refractivity contribution in [2.45, 2.75) is 82.7 Å². The van der Waals surface area contributed by atoms with Crippen molar-refractivity contribution in [3.63, 3.8) is 0 Å². The van der Waals surface area contributed by atoms with Crippen LogP contribution >= 0.6 is 0 Å². The van der Waals surface area contributed by atoms with Crippen molar-refractivity contribution in [2.24, 2.45) is 5.92 Å². The van der Waals surface area contributed by atoms with Crippen molar-refractivity contribution in [1.82, 2.24) is 15.5 Å². The molecule has 47 heavy (non-hydrogen) atoms. The Kier molecular flexibility index (Phi) is 12.8. The van der Waals surface area contributed by atoms with E-state index in [0.29, 0.717) is 38.3 Å². The van der Waals surface area contributed by atoms with Crippen LogP contribution in [0.3, 0.4) is 0 Å². The second-order valence-corrected chi connectivity index (χ2v) is 12.4. The third-order valence-electron chi connectivity index (χ3n) is 8.58. The van der Waals surface area contributed by atoms with Crippen molar-refractivity contribution < 1.29 is 58.8 Å². The van der Waals surface area contributed by atoms with Crippen molar-refractivity contribution in [1.29, 1.82) is 0 Å². The molecule has 0 aromatic heterocycles. The van der Waals surface area contributed by atoms with Gasteiger partial charge in [-0.1, -0.05) is 13.3 Å². The number of hydrogen-bond donors (Lipinski definition) is 7. The zero-order chi connectivity index (χ0) is 34.1. The van der Waals surface area contributed by atoms with Crippen LogP contribution in [-0.2, 0) is 30.5 Å². The van der Waals surface area contributed by atoms with Crippen LogP contribution in [0, 0.1) is 5.92 Å². The van der Waals surface area contributed by atoms with Crippen LogP contribution in [-0.4, -0.2) is 118 Å². The summed E-state index contributed by atoms with van der Waals surface area (Å²) in [7, 11) is 0. The molecule has 7 atom stereocenters. The zero-order valence-electron chi connectivity index (χ0n) is 26.4. The monoisotopic (exact) mass is 661 g/mol. The normalized spacial score (nSPS) is 27.5. The summed E-state index contributed by atoms with van der Waals surface area (Å²) in [6.45, 7) is 5.40. The quantitative estimate of drug-likeness (QED) is 0.0814. The summed E-state index contributed by atoms with van der Waals surface area (Å²) in [4.78, 5) is 62.9. The number of nitrogens with one attached hydrogen (secondary N) is 3. The molecular formula is C32H45N4O11+. The average molecular weight is 662 g/mol. The lowest BCUT2D eigenvalue weighted by Gasteiger charge is -2.38. The van der Waals surface area contributed by atoms with E-state index in [9.17, 15) is 44.4 Å². The molecule has 3 heterocycles. The highest BCUT2D eigenvalue weighted by Crippen LogP contribution is 2.28. The van der Waals surface area contributed by atoms with Gasteiger partial charge in [-0.15, -0.1) is 0 Å². The summed E-state index contributed by atoms with van der Waals surface area (Å²) in [5, 5.41) is 45.5. The maximum atomic E-state index is 13.4. The molecule has 0 radical (unpaired) electrons. The molecule has 1 aromatic carbocycles. The first-order valence-electron chi connectivity index (χ1n) is 16.1. The Morgan fingerprint density at radius 2 is 1.72 bits per heavy atom. The first-order chi connectivity index (χ1) is 22.4. The first-order valence-corrected chi connectivity index (χ1v) is 16.1. The predicted molar refractivity (Wildman–Crippen MR) is 164 cm³/mol. The van der Waals surface area contributed by atoms with Gasteiger partial charge in [0.05, 0.1) is 18.7 Å². The van der Waals surface area contributed by atoms with E-state index in [1.54, 1.807) is 12.1 Å². The molecule has 15 nitrogen and oxygen atoms in total. The highest BCUT2D eigenvalue weighted by Gasteiger charge is 2.48. The number of carbonyl (C=O) groups is 5. The molecule has 4 rings (SSSR count). The smallest absolute Gasteiger partial charge is 0.335 e. The molecule has 7 N–H and O–H groups in total. The fraction of sp³-hybridized carbons (Fsp3) is 0.594. The predicted octanol–water partition coefficient (Wildman–Crippen LogP) is -1.90. The Labute approximate surface area is 272 Å². The molecule has 1 aromatic rings. The van der Waals surface area contributed by atoms with Gasteiger partial charge in [0.1, 0.15) is 30.6 Å². The van der Waals surface area contributed by atoms with E-state index in [1.165, 1.54) is 29.5 Å². The van der Waals surface area contributed by atoms with Crippen LogP contribution in [0.1, 0.15) is 61.4 Å². The SMILES string of the molecule is C[C@H]1CCC[NH+](Cc2ccc(O[C@@H]3O[C@H](C(=O)O)[C@@H](O)[C@H](O)[C@H]3O)c(C(=O)NCCNC(=O)CCCCCN3C(=O)C=CC3=O)c2)C1. The summed E-state index contributed by atoms with van der Waals surface area (Å²) in [6, 6.07) is 4.95. The highest BCUT2D eigenvalue weighted by molar-refractivity contribution is 6.12. The van der Waals surface area contributed by atoms with Gasteiger partial charge in [0.2, 0.25) is 12.2 Å². The van der Waals surface area contributed by atoms with E-state index in [0.717, 1.165) is 30.0 Å². The number of aliphatic hydroxyl groups excluding tert-OH is 3. The number of ether oxygens (including phenoxy) is 2. The van der Waals surface area contributed by atoms with Gasteiger partial charge >= 0.3 is 5.97 Å². The Morgan fingerprint density at radius 1 is 1.00 bits per heavy atom. The van der Waals surface area contributed by atoms with E-state index in [1.807, 2.05) is 0 Å². The molecule has 0 saturated carbocycles. The summed E-state index contributed by atoms with van der Waals surface area (Å²) in [5.41, 5.74) is 0.949. The number of rotatable bonds is 15. The number of unbranched alkanes of at least 4 members (excludes halogenated alkanes) is 2. The third kappa shape index (κ3) is 9.81. The third-order valence-corrected chi connectivity index (χ3v) is 8.58. The molecule has 0 bridgehead atoms. The number of likely N-dealkylation sites (tertiary alicyclic amines) is 1. The van der Waals surface area contributed by atoms with Crippen molar-refractivity contribution in [3.8, 4) is 5.75 Å². The van der Waals surface area contributed by atoms with Crippen molar-refractivity contribution >= 4 is 29.6 Å². The maximum Gasteiger partial charge on any atom is 0.335 e. The molecule has 258 valence electrons. The van der Waals surface area contributed by atoms with Gasteiger partial charge in [-0.3, -0.25) is 24.1 Å². The number of aliphatic carboxylic acids is 1. The molecule has 2 fully saturated rings. The molecule has 1 unspecified atom stereocenters. The number of benzene rings is 1. The van der Waals surface area contributed by atoms with Gasteiger partial charge in [0.25, 0.3) is 17.7 Å². The van der Waals surface area contributed by atoms with Gasteiger partial charge in [-0.05, 0) is 43.9 Å². The second-order valence-electron chi connectivity index (χ2n) is 12.4. The lowest BCUT2D eigenvalue weighted by Crippen LogP contribution is -3.12. The van der Waals surface area contributed by atoms with Crippen LogP contribution in [0.25, 0.3) is 0 Å². The van der Waals surface area contributed by atoms with Crippen molar-refractivity contribution in [2.75, 3.05) is 32.7 Å². The molecule has 15 heteroatoms. The van der Waals surface area contributed by atoms with E-state index in [4.69, 9.17) is 9.47 Å². The van der Waals surface area contributed by atoms with Gasteiger partial charge in [-0.2, -0.15) is 0 Å².